The number of carbonyl (C=O) groups is 1. The van der Waals surface area contributed by atoms with Gasteiger partial charge in [0.05, 0.1) is 27.9 Å². The molecule has 0 bridgehead atoms. The predicted molar refractivity (Wildman–Crippen MR) is 104 cm³/mol. The lowest BCUT2D eigenvalue weighted by atomic mass is 10.2. The molecule has 0 unspecified atom stereocenters. The van der Waals surface area contributed by atoms with Crippen LogP contribution >= 0.6 is 27.3 Å². The lowest BCUT2D eigenvalue weighted by Gasteiger charge is -2.04. The van der Waals surface area contributed by atoms with Crippen LogP contribution in [0.1, 0.15) is 23.2 Å². The van der Waals surface area contributed by atoms with E-state index in [0.29, 0.717) is 17.8 Å². The minimum absolute atomic E-state index is 0.253. The standard InChI is InChI=1S/C18H16BrFN4OS/c1-2-18-23-14(11-26-18)9-21-17(25)6-4-12-3-5-16(15(20)7-12)24-10-13(19)8-22-24/h3-8,10-11H,2,9H2,1H3,(H,21,25)/b6-4+. The maximum absolute atomic E-state index is 14.3. The van der Waals surface area contributed by atoms with Gasteiger partial charge >= 0.3 is 0 Å². The van der Waals surface area contributed by atoms with Gasteiger partial charge in [0.1, 0.15) is 11.5 Å². The molecular formula is C18H16BrFN4OS. The largest absolute Gasteiger partial charge is 0.347 e. The molecule has 0 aliphatic carbocycles. The Morgan fingerprint density at radius 3 is 2.96 bits per heavy atom. The van der Waals surface area contributed by atoms with Crippen molar-refractivity contribution in [3.63, 3.8) is 0 Å². The van der Waals surface area contributed by atoms with E-state index in [9.17, 15) is 9.18 Å². The number of amides is 1. The zero-order valence-corrected chi connectivity index (χ0v) is 16.3. The first-order valence-corrected chi connectivity index (χ1v) is 9.61. The zero-order valence-electron chi connectivity index (χ0n) is 13.9. The van der Waals surface area contributed by atoms with E-state index in [1.54, 1.807) is 41.9 Å². The first kappa shape index (κ1) is 18.5. The molecule has 134 valence electrons. The number of rotatable bonds is 6. The van der Waals surface area contributed by atoms with E-state index in [2.05, 4.69) is 31.3 Å². The number of aryl methyl sites for hydroxylation is 1. The number of halogens is 2. The van der Waals surface area contributed by atoms with E-state index in [0.717, 1.165) is 21.6 Å². The third-order valence-corrected chi connectivity index (χ3v) is 4.99. The fourth-order valence-corrected chi connectivity index (χ4v) is 3.28. The Labute approximate surface area is 162 Å². The molecule has 2 aromatic heterocycles. The fraction of sp³-hybridized carbons (Fsp3) is 0.167. The second kappa shape index (κ2) is 8.37. The van der Waals surface area contributed by atoms with Crippen LogP contribution in [0.15, 0.2) is 46.5 Å². The van der Waals surface area contributed by atoms with Crippen LogP contribution in [0.3, 0.4) is 0 Å². The lowest BCUT2D eigenvalue weighted by molar-refractivity contribution is -0.116. The quantitative estimate of drug-likeness (QED) is 0.593. The van der Waals surface area contributed by atoms with Gasteiger partial charge in [0, 0.05) is 17.7 Å². The number of thiazole rings is 1. The number of carbonyl (C=O) groups excluding carboxylic acids is 1. The van der Waals surface area contributed by atoms with Gasteiger partial charge in [-0.25, -0.2) is 14.1 Å². The van der Waals surface area contributed by atoms with Crippen LogP contribution in [0.2, 0.25) is 0 Å². The molecule has 8 heteroatoms. The van der Waals surface area contributed by atoms with Gasteiger partial charge in [0.15, 0.2) is 0 Å². The zero-order chi connectivity index (χ0) is 18.5. The Bertz CT molecular complexity index is 950. The molecule has 3 rings (SSSR count). The maximum Gasteiger partial charge on any atom is 0.244 e. The first-order valence-electron chi connectivity index (χ1n) is 7.94. The van der Waals surface area contributed by atoms with Crippen molar-refractivity contribution < 1.29 is 9.18 Å². The summed E-state index contributed by atoms with van der Waals surface area (Å²) in [6.45, 7) is 2.42. The predicted octanol–water partition coefficient (Wildman–Crippen LogP) is 4.12. The van der Waals surface area contributed by atoms with Crippen molar-refractivity contribution in [1.82, 2.24) is 20.1 Å². The van der Waals surface area contributed by atoms with E-state index in [4.69, 9.17) is 0 Å². The van der Waals surface area contributed by atoms with E-state index in [1.807, 2.05) is 12.3 Å². The number of hydrogen-bond acceptors (Lipinski definition) is 4. The Hall–Kier alpha value is -2.32. The van der Waals surface area contributed by atoms with Gasteiger partial charge in [-0.1, -0.05) is 13.0 Å². The highest BCUT2D eigenvalue weighted by atomic mass is 79.9. The molecule has 0 aliphatic heterocycles. The van der Waals surface area contributed by atoms with E-state index in [-0.39, 0.29) is 5.91 Å². The van der Waals surface area contributed by atoms with Gasteiger partial charge in [-0.15, -0.1) is 11.3 Å². The minimum atomic E-state index is -0.419. The second-order valence-corrected chi connectivity index (χ2v) is 7.31. The number of benzene rings is 1. The maximum atomic E-state index is 14.3. The Kier molecular flexibility index (Phi) is 5.95. The van der Waals surface area contributed by atoms with E-state index < -0.39 is 5.82 Å². The topological polar surface area (TPSA) is 59.8 Å². The van der Waals surface area contributed by atoms with Gasteiger partial charge in [-0.2, -0.15) is 5.10 Å². The summed E-state index contributed by atoms with van der Waals surface area (Å²) < 4.78 is 16.5. The highest BCUT2D eigenvalue weighted by molar-refractivity contribution is 9.10. The summed E-state index contributed by atoms with van der Waals surface area (Å²) in [6, 6.07) is 4.71. The van der Waals surface area contributed by atoms with Gasteiger partial charge in [0.2, 0.25) is 5.91 Å². The van der Waals surface area contributed by atoms with Gasteiger partial charge in [0.25, 0.3) is 0 Å². The Morgan fingerprint density at radius 2 is 2.31 bits per heavy atom. The summed E-state index contributed by atoms with van der Waals surface area (Å²) in [5, 5.41) is 9.80. The number of nitrogens with zero attached hydrogens (tertiary/aromatic N) is 3. The van der Waals surface area contributed by atoms with E-state index >= 15 is 0 Å². The summed E-state index contributed by atoms with van der Waals surface area (Å²) in [7, 11) is 0. The van der Waals surface area contributed by atoms with Crippen molar-refractivity contribution >= 4 is 39.2 Å². The Balaban J connectivity index is 1.60. The molecule has 1 aromatic carbocycles. The number of hydrogen-bond donors (Lipinski definition) is 1. The average molecular weight is 435 g/mol. The summed E-state index contributed by atoms with van der Waals surface area (Å²) >= 11 is 4.86. The van der Waals surface area contributed by atoms with Crippen molar-refractivity contribution in [1.29, 1.82) is 0 Å². The lowest BCUT2D eigenvalue weighted by Crippen LogP contribution is -2.20. The molecular weight excluding hydrogens is 419 g/mol. The molecule has 5 nitrogen and oxygen atoms in total. The highest BCUT2D eigenvalue weighted by Gasteiger charge is 2.07. The van der Waals surface area contributed by atoms with Gasteiger partial charge in [-0.05, 0) is 46.1 Å². The first-order chi connectivity index (χ1) is 12.5. The molecule has 0 saturated heterocycles. The summed E-state index contributed by atoms with van der Waals surface area (Å²) in [5.74, 6) is -0.672. The van der Waals surface area contributed by atoms with Gasteiger partial charge < -0.3 is 5.32 Å². The van der Waals surface area contributed by atoms with Crippen LogP contribution in [-0.2, 0) is 17.8 Å². The number of aromatic nitrogens is 3. The van der Waals surface area contributed by atoms with Crippen molar-refractivity contribution in [2.75, 3.05) is 0 Å². The molecule has 2 heterocycles. The molecule has 26 heavy (non-hydrogen) atoms. The summed E-state index contributed by atoms with van der Waals surface area (Å²) in [6.07, 6.45) is 7.09. The molecule has 0 fully saturated rings. The van der Waals surface area contributed by atoms with Crippen molar-refractivity contribution in [3.8, 4) is 5.69 Å². The van der Waals surface area contributed by atoms with Crippen LogP contribution in [0.4, 0.5) is 4.39 Å². The van der Waals surface area contributed by atoms with Crippen LogP contribution in [0.5, 0.6) is 0 Å². The van der Waals surface area contributed by atoms with Gasteiger partial charge in [-0.3, -0.25) is 4.79 Å². The third kappa shape index (κ3) is 4.64. The van der Waals surface area contributed by atoms with Crippen LogP contribution in [0.25, 0.3) is 11.8 Å². The molecule has 1 amide bonds. The van der Waals surface area contributed by atoms with Crippen molar-refractivity contribution in [2.24, 2.45) is 0 Å². The molecule has 0 spiro atoms. The molecule has 1 N–H and O–H groups in total. The SMILES string of the molecule is CCc1nc(CNC(=O)/C=C/c2ccc(-n3cc(Br)cn3)c(F)c2)cs1. The minimum Gasteiger partial charge on any atom is -0.347 e. The fourth-order valence-electron chi connectivity index (χ4n) is 2.25. The summed E-state index contributed by atoms with van der Waals surface area (Å²) in [4.78, 5) is 16.3. The van der Waals surface area contributed by atoms with Crippen LogP contribution in [0, 0.1) is 5.82 Å². The molecule has 0 radical (unpaired) electrons. The van der Waals surface area contributed by atoms with E-state index in [1.165, 1.54) is 16.8 Å². The molecule has 0 aliphatic rings. The average Bonchev–Trinajstić information content (AvgIpc) is 3.27. The highest BCUT2D eigenvalue weighted by Crippen LogP contribution is 2.18. The van der Waals surface area contributed by atoms with Crippen LogP contribution in [-0.4, -0.2) is 20.7 Å². The number of nitrogens with one attached hydrogen (secondary N) is 1. The van der Waals surface area contributed by atoms with Crippen molar-refractivity contribution in [3.05, 3.63) is 68.6 Å². The third-order valence-electron chi connectivity index (χ3n) is 3.54. The Morgan fingerprint density at radius 1 is 1.46 bits per heavy atom. The summed E-state index contributed by atoms with van der Waals surface area (Å²) in [5.41, 5.74) is 1.77. The normalized spacial score (nSPS) is 11.2. The smallest absolute Gasteiger partial charge is 0.244 e. The molecule has 3 aromatic rings. The monoisotopic (exact) mass is 434 g/mol. The molecule has 0 saturated carbocycles. The van der Waals surface area contributed by atoms with Crippen LogP contribution < -0.4 is 5.32 Å². The van der Waals surface area contributed by atoms with Crippen molar-refractivity contribution in [2.45, 2.75) is 19.9 Å². The second-order valence-electron chi connectivity index (χ2n) is 5.45. The molecule has 0 atom stereocenters.